The molecule has 30 heavy (non-hydrogen) atoms. The monoisotopic (exact) mass is 471 g/mol. The van der Waals surface area contributed by atoms with Crippen molar-refractivity contribution in [3.63, 3.8) is 0 Å². The van der Waals surface area contributed by atoms with Crippen molar-refractivity contribution in [1.82, 2.24) is 20.3 Å². The first kappa shape index (κ1) is 20.7. The summed E-state index contributed by atoms with van der Waals surface area (Å²) in [7, 11) is 0. The number of nitrogens with one attached hydrogen (secondary N) is 3. The van der Waals surface area contributed by atoms with E-state index in [9.17, 15) is 4.79 Å². The van der Waals surface area contributed by atoms with E-state index in [1.54, 1.807) is 0 Å². The molecule has 2 atom stereocenters. The molecule has 0 bridgehead atoms. The summed E-state index contributed by atoms with van der Waals surface area (Å²) in [5, 5.41) is 7.42. The van der Waals surface area contributed by atoms with Gasteiger partial charge in [0.15, 0.2) is 0 Å². The summed E-state index contributed by atoms with van der Waals surface area (Å²) >= 11 is 3.51. The number of hydrogen-bond donors (Lipinski definition) is 3. The van der Waals surface area contributed by atoms with E-state index in [1.807, 2.05) is 46.2 Å². The zero-order valence-corrected chi connectivity index (χ0v) is 19.1. The van der Waals surface area contributed by atoms with Crippen LogP contribution >= 0.6 is 15.9 Å². The highest BCUT2D eigenvalue weighted by Gasteiger charge is 2.34. The number of H-pyrrole nitrogens is 1. The number of ether oxygens (including phenoxy) is 1. The Kier molecular flexibility index (Phi) is 5.44. The quantitative estimate of drug-likeness (QED) is 0.488. The molecule has 0 saturated heterocycles. The Bertz CT molecular complexity index is 1090. The summed E-state index contributed by atoms with van der Waals surface area (Å²) in [4.78, 5) is 24.6. The van der Waals surface area contributed by atoms with Crippen LogP contribution in [0.4, 0.5) is 10.7 Å². The average molecular weight is 472 g/mol. The van der Waals surface area contributed by atoms with Gasteiger partial charge in [-0.3, -0.25) is 0 Å². The van der Waals surface area contributed by atoms with Crippen molar-refractivity contribution in [2.24, 2.45) is 0 Å². The van der Waals surface area contributed by atoms with E-state index in [1.165, 1.54) is 0 Å². The first-order valence-corrected chi connectivity index (χ1v) is 10.9. The second-order valence-electron chi connectivity index (χ2n) is 8.70. The zero-order valence-electron chi connectivity index (χ0n) is 17.5. The minimum atomic E-state index is -0.513. The van der Waals surface area contributed by atoms with Crippen LogP contribution in [0.15, 0.2) is 35.1 Å². The van der Waals surface area contributed by atoms with Crippen molar-refractivity contribution >= 4 is 38.9 Å². The third-order valence-corrected chi connectivity index (χ3v) is 5.65. The third kappa shape index (κ3) is 4.43. The van der Waals surface area contributed by atoms with Crippen molar-refractivity contribution in [3.05, 3.63) is 40.6 Å². The molecule has 4 rings (SSSR count). The molecule has 158 valence electrons. The predicted octanol–water partition coefficient (Wildman–Crippen LogP) is 5.16. The van der Waals surface area contributed by atoms with E-state index in [-0.39, 0.29) is 12.1 Å². The normalized spacial score (nSPS) is 18.7. The fraction of sp³-hybridized carbons (Fsp3) is 0.409. The minimum Gasteiger partial charge on any atom is -0.444 e. The van der Waals surface area contributed by atoms with Crippen molar-refractivity contribution < 1.29 is 9.53 Å². The topological polar surface area (TPSA) is 91.9 Å². The molecule has 3 N–H and O–H groups in total. The molecule has 1 fully saturated rings. The second-order valence-corrected chi connectivity index (χ2v) is 9.61. The fourth-order valence-electron chi connectivity index (χ4n) is 3.55. The molecule has 1 aliphatic rings. The van der Waals surface area contributed by atoms with Gasteiger partial charge in [-0.25, -0.2) is 14.8 Å². The Hall–Kier alpha value is -2.61. The molecule has 0 unspecified atom stereocenters. The summed E-state index contributed by atoms with van der Waals surface area (Å²) in [6, 6.07) is 6.23. The molecule has 3 aromatic rings. The number of benzene rings is 1. The SMILES string of the molecule is Cc1cnc(N[C@H]2CC[C@@H]2NC(=O)OC(C)(C)C)nc1-c1c[nH]c2cc(Br)ccc12. The molecule has 0 radical (unpaired) electrons. The molecule has 1 aromatic carbocycles. The molecular formula is C22H26BrN5O2. The Morgan fingerprint density at radius 1 is 1.27 bits per heavy atom. The smallest absolute Gasteiger partial charge is 0.407 e. The largest absolute Gasteiger partial charge is 0.444 e. The highest BCUT2D eigenvalue weighted by molar-refractivity contribution is 9.10. The number of anilines is 1. The molecule has 1 aliphatic carbocycles. The van der Waals surface area contributed by atoms with Crippen LogP contribution in [0.3, 0.4) is 0 Å². The van der Waals surface area contributed by atoms with Crippen molar-refractivity contribution in [1.29, 1.82) is 0 Å². The summed E-state index contributed by atoms with van der Waals surface area (Å²) in [5.74, 6) is 0.558. The number of alkyl carbamates (subject to hydrolysis) is 1. The van der Waals surface area contributed by atoms with E-state index in [4.69, 9.17) is 9.72 Å². The molecule has 2 aromatic heterocycles. The van der Waals surface area contributed by atoms with Crippen molar-refractivity contribution in [2.75, 3.05) is 5.32 Å². The van der Waals surface area contributed by atoms with Gasteiger partial charge in [-0.05, 0) is 58.2 Å². The molecule has 1 amide bonds. The fourth-order valence-corrected chi connectivity index (χ4v) is 3.91. The number of aryl methyl sites for hydroxylation is 1. The second kappa shape index (κ2) is 7.91. The average Bonchev–Trinajstić information content (AvgIpc) is 3.06. The van der Waals surface area contributed by atoms with Gasteiger partial charge in [-0.1, -0.05) is 22.0 Å². The van der Waals surface area contributed by atoms with Crippen LogP contribution in [0.1, 0.15) is 39.2 Å². The third-order valence-electron chi connectivity index (χ3n) is 5.16. The van der Waals surface area contributed by atoms with Crippen LogP contribution in [-0.2, 0) is 4.74 Å². The number of hydrogen-bond acceptors (Lipinski definition) is 5. The first-order valence-electron chi connectivity index (χ1n) is 10.1. The maximum absolute atomic E-state index is 12.1. The van der Waals surface area contributed by atoms with E-state index in [2.05, 4.69) is 48.7 Å². The lowest BCUT2D eigenvalue weighted by Gasteiger charge is -2.37. The van der Waals surface area contributed by atoms with Gasteiger partial charge in [0.05, 0.1) is 11.7 Å². The van der Waals surface area contributed by atoms with Crippen LogP contribution in [0.5, 0.6) is 0 Å². The maximum Gasteiger partial charge on any atom is 0.407 e. The van der Waals surface area contributed by atoms with Gasteiger partial charge in [0.2, 0.25) is 5.95 Å². The standard InChI is InChI=1S/C22H26BrN5O2/c1-12-10-25-20(26-16-7-8-17(16)27-21(29)30-22(2,3)4)28-19(12)15-11-24-18-9-13(23)5-6-14(15)18/h5-6,9-11,16-17,24H,7-8H2,1-4H3,(H,27,29)(H,25,26,28)/t16-,17-/m0/s1. The van der Waals surface area contributed by atoms with Gasteiger partial charge < -0.3 is 20.4 Å². The first-order chi connectivity index (χ1) is 14.2. The molecule has 7 nitrogen and oxygen atoms in total. The zero-order chi connectivity index (χ0) is 21.5. The summed E-state index contributed by atoms with van der Waals surface area (Å²) in [5.41, 5.74) is 3.46. The molecule has 2 heterocycles. The highest BCUT2D eigenvalue weighted by Crippen LogP contribution is 2.32. The minimum absolute atomic E-state index is 0.00126. The van der Waals surface area contributed by atoms with E-state index in [0.717, 1.165) is 45.0 Å². The van der Waals surface area contributed by atoms with Gasteiger partial charge in [-0.2, -0.15) is 0 Å². The summed E-state index contributed by atoms with van der Waals surface area (Å²) in [6.07, 6.45) is 5.25. The van der Waals surface area contributed by atoms with E-state index in [0.29, 0.717) is 5.95 Å². The van der Waals surface area contributed by atoms with Crippen molar-refractivity contribution in [3.8, 4) is 11.3 Å². The highest BCUT2D eigenvalue weighted by atomic mass is 79.9. The number of amides is 1. The molecule has 8 heteroatoms. The molecular weight excluding hydrogens is 446 g/mol. The predicted molar refractivity (Wildman–Crippen MR) is 122 cm³/mol. The summed E-state index contributed by atoms with van der Waals surface area (Å²) < 4.78 is 6.39. The lowest BCUT2D eigenvalue weighted by atomic mass is 9.86. The number of carbonyl (C=O) groups excluding carboxylic acids is 1. The molecule has 1 saturated carbocycles. The molecule has 0 spiro atoms. The van der Waals surface area contributed by atoms with Gasteiger partial charge in [0.1, 0.15) is 5.60 Å². The number of nitrogens with zero attached hydrogens (tertiary/aromatic N) is 2. The van der Waals surface area contributed by atoms with Crippen LogP contribution in [0, 0.1) is 6.92 Å². The Morgan fingerprint density at radius 3 is 2.73 bits per heavy atom. The lowest BCUT2D eigenvalue weighted by molar-refractivity contribution is 0.0472. The lowest BCUT2D eigenvalue weighted by Crippen LogP contribution is -2.54. The van der Waals surface area contributed by atoms with E-state index >= 15 is 0 Å². The van der Waals surface area contributed by atoms with E-state index < -0.39 is 11.7 Å². The van der Waals surface area contributed by atoms with Gasteiger partial charge in [0.25, 0.3) is 0 Å². The number of aromatic nitrogens is 3. The summed E-state index contributed by atoms with van der Waals surface area (Å²) in [6.45, 7) is 7.57. The Morgan fingerprint density at radius 2 is 2.03 bits per heavy atom. The maximum atomic E-state index is 12.1. The van der Waals surface area contributed by atoms with Gasteiger partial charge in [0, 0.05) is 39.4 Å². The van der Waals surface area contributed by atoms with Crippen LogP contribution in [0.25, 0.3) is 22.2 Å². The number of carbonyl (C=O) groups is 1. The van der Waals surface area contributed by atoms with Crippen molar-refractivity contribution in [2.45, 2.75) is 58.2 Å². The Balaban J connectivity index is 1.50. The van der Waals surface area contributed by atoms with Crippen LogP contribution in [-0.4, -0.2) is 38.7 Å². The van der Waals surface area contributed by atoms with Gasteiger partial charge >= 0.3 is 6.09 Å². The van der Waals surface area contributed by atoms with Crippen LogP contribution < -0.4 is 10.6 Å². The molecule has 0 aliphatic heterocycles. The number of aromatic amines is 1. The Labute approximate surface area is 184 Å². The van der Waals surface area contributed by atoms with Gasteiger partial charge in [-0.15, -0.1) is 0 Å². The number of halogens is 1. The van der Waals surface area contributed by atoms with Crippen LogP contribution in [0.2, 0.25) is 0 Å². The number of rotatable bonds is 4. The number of fused-ring (bicyclic) bond motifs is 1.